The summed E-state index contributed by atoms with van der Waals surface area (Å²) in [7, 11) is 0. The number of carbonyl (C=O) groups is 1. The molecular weight excluding hydrogens is 344 g/mol. The van der Waals surface area contributed by atoms with E-state index in [4.69, 9.17) is 16.3 Å². The Morgan fingerprint density at radius 2 is 2.12 bits per heavy atom. The molecule has 128 valence electrons. The number of nitrogens with one attached hydrogen (secondary N) is 1. The monoisotopic (exact) mass is 364 g/mol. The highest BCUT2D eigenvalue weighted by atomic mass is 35.5. The molecule has 1 fully saturated rings. The van der Waals surface area contributed by atoms with Crippen LogP contribution in [0.5, 0.6) is 0 Å². The highest BCUT2D eigenvalue weighted by Crippen LogP contribution is 2.20. The minimum Gasteiger partial charge on any atom is -0.381 e. The van der Waals surface area contributed by atoms with Crippen LogP contribution >= 0.6 is 22.9 Å². The zero-order valence-electron chi connectivity index (χ0n) is 13.4. The molecule has 1 N–H and O–H groups in total. The lowest BCUT2D eigenvalue weighted by atomic mass is 10.1. The number of rotatable bonds is 5. The molecule has 6 heteroatoms. The van der Waals surface area contributed by atoms with Crippen LogP contribution in [-0.2, 0) is 11.2 Å². The lowest BCUT2D eigenvalue weighted by molar-refractivity contribution is 0.0484. The number of anilines is 1. The molecule has 2 heterocycles. The van der Waals surface area contributed by atoms with Crippen LogP contribution in [0.1, 0.15) is 17.7 Å². The molecule has 1 aromatic heterocycles. The Morgan fingerprint density at radius 1 is 1.29 bits per heavy atom. The van der Waals surface area contributed by atoms with E-state index < -0.39 is 0 Å². The number of halogens is 1. The number of thiophene rings is 1. The van der Waals surface area contributed by atoms with E-state index in [0.29, 0.717) is 24.8 Å². The lowest BCUT2D eigenvalue weighted by Gasteiger charge is -2.34. The first-order valence-electron chi connectivity index (χ1n) is 8.16. The van der Waals surface area contributed by atoms with Gasteiger partial charge in [0.2, 0.25) is 0 Å². The number of hydrogen-bond acceptors (Lipinski definition) is 3. The maximum atomic E-state index is 12.8. The average Bonchev–Trinajstić information content (AvgIpc) is 3.09. The van der Waals surface area contributed by atoms with Gasteiger partial charge in [-0.3, -0.25) is 0 Å². The third-order valence-corrected chi connectivity index (χ3v) is 5.32. The summed E-state index contributed by atoms with van der Waals surface area (Å²) < 4.78 is 5.44. The van der Waals surface area contributed by atoms with Gasteiger partial charge < -0.3 is 15.0 Å². The summed E-state index contributed by atoms with van der Waals surface area (Å²) in [6.07, 6.45) is 2.64. The van der Waals surface area contributed by atoms with Gasteiger partial charge in [-0.2, -0.15) is 0 Å². The van der Waals surface area contributed by atoms with Crippen molar-refractivity contribution in [3.05, 3.63) is 51.7 Å². The van der Waals surface area contributed by atoms with Gasteiger partial charge in [0.15, 0.2) is 0 Å². The molecule has 0 atom stereocenters. The molecule has 2 aromatic rings. The molecule has 0 spiro atoms. The van der Waals surface area contributed by atoms with Crippen LogP contribution in [0.15, 0.2) is 41.8 Å². The molecule has 1 aliphatic rings. The van der Waals surface area contributed by atoms with E-state index in [1.165, 1.54) is 4.88 Å². The van der Waals surface area contributed by atoms with Crippen LogP contribution in [-0.4, -0.2) is 36.7 Å². The Hall–Kier alpha value is -1.56. The topological polar surface area (TPSA) is 41.6 Å². The van der Waals surface area contributed by atoms with Crippen LogP contribution in [0, 0.1) is 0 Å². The van der Waals surface area contributed by atoms with Crippen LogP contribution in [0.4, 0.5) is 10.5 Å². The van der Waals surface area contributed by atoms with Gasteiger partial charge in [-0.1, -0.05) is 23.7 Å². The van der Waals surface area contributed by atoms with Gasteiger partial charge in [0.1, 0.15) is 0 Å². The van der Waals surface area contributed by atoms with E-state index in [9.17, 15) is 4.79 Å². The fourth-order valence-corrected chi connectivity index (χ4v) is 3.78. The minimum absolute atomic E-state index is 0.0688. The van der Waals surface area contributed by atoms with E-state index in [-0.39, 0.29) is 12.1 Å². The van der Waals surface area contributed by atoms with Crippen molar-refractivity contribution in [2.24, 2.45) is 0 Å². The summed E-state index contributed by atoms with van der Waals surface area (Å²) in [4.78, 5) is 16.1. The Morgan fingerprint density at radius 3 is 2.83 bits per heavy atom. The van der Waals surface area contributed by atoms with Crippen molar-refractivity contribution >= 4 is 34.7 Å². The second-order valence-corrected chi connectivity index (χ2v) is 7.28. The molecule has 24 heavy (non-hydrogen) atoms. The summed E-state index contributed by atoms with van der Waals surface area (Å²) in [5.74, 6) is 0. The molecule has 3 rings (SSSR count). The van der Waals surface area contributed by atoms with Gasteiger partial charge in [0.05, 0.1) is 0 Å². The van der Waals surface area contributed by atoms with Crippen molar-refractivity contribution in [2.45, 2.75) is 25.3 Å². The van der Waals surface area contributed by atoms with E-state index in [1.54, 1.807) is 23.5 Å². The number of benzene rings is 1. The molecule has 0 bridgehead atoms. The minimum atomic E-state index is -0.0688. The van der Waals surface area contributed by atoms with Crippen molar-refractivity contribution in [3.8, 4) is 0 Å². The van der Waals surface area contributed by atoms with Gasteiger partial charge in [0.25, 0.3) is 0 Å². The smallest absolute Gasteiger partial charge is 0.322 e. The molecule has 0 saturated carbocycles. The fourth-order valence-electron chi connectivity index (χ4n) is 2.89. The summed E-state index contributed by atoms with van der Waals surface area (Å²) in [5.41, 5.74) is 0.723. The van der Waals surface area contributed by atoms with Crippen molar-refractivity contribution in [1.82, 2.24) is 4.90 Å². The van der Waals surface area contributed by atoms with E-state index in [1.807, 2.05) is 23.1 Å². The third kappa shape index (κ3) is 4.72. The lowest BCUT2D eigenvalue weighted by Crippen LogP contribution is -2.46. The van der Waals surface area contributed by atoms with Gasteiger partial charge in [0, 0.05) is 41.4 Å². The first kappa shape index (κ1) is 17.3. The largest absolute Gasteiger partial charge is 0.381 e. The maximum Gasteiger partial charge on any atom is 0.322 e. The van der Waals surface area contributed by atoms with Crippen LogP contribution < -0.4 is 5.32 Å². The van der Waals surface area contributed by atoms with E-state index in [0.717, 1.165) is 24.9 Å². The molecule has 0 radical (unpaired) electrons. The van der Waals surface area contributed by atoms with Gasteiger partial charge in [-0.25, -0.2) is 4.79 Å². The standard InChI is InChI=1S/C18H21ClN2O2S/c19-14-3-1-4-15(13-14)20-18(22)21(16-7-10-23-11-8-16)9-6-17-5-2-12-24-17/h1-5,12-13,16H,6-11H2,(H,20,22). The Kier molecular flexibility index (Phi) is 6.12. The highest BCUT2D eigenvalue weighted by molar-refractivity contribution is 7.09. The van der Waals surface area contributed by atoms with Crippen molar-refractivity contribution in [3.63, 3.8) is 0 Å². The van der Waals surface area contributed by atoms with Crippen LogP contribution in [0.2, 0.25) is 5.02 Å². The summed E-state index contributed by atoms with van der Waals surface area (Å²) in [6.45, 7) is 2.13. The number of ether oxygens (including phenoxy) is 1. The molecule has 0 aliphatic carbocycles. The maximum absolute atomic E-state index is 12.8. The fraction of sp³-hybridized carbons (Fsp3) is 0.389. The van der Waals surface area contributed by atoms with Gasteiger partial charge in [-0.05, 0) is 48.9 Å². The number of amides is 2. The number of nitrogens with zero attached hydrogens (tertiary/aromatic N) is 1. The Balaban J connectivity index is 1.68. The molecular formula is C18H21ClN2O2S. The summed E-state index contributed by atoms with van der Waals surface area (Å²) in [5, 5.41) is 5.66. The first-order chi connectivity index (χ1) is 11.7. The molecule has 4 nitrogen and oxygen atoms in total. The van der Waals surface area contributed by atoms with Gasteiger partial charge >= 0.3 is 6.03 Å². The zero-order valence-corrected chi connectivity index (χ0v) is 15.0. The Bertz CT molecular complexity index is 657. The third-order valence-electron chi connectivity index (χ3n) is 4.15. The van der Waals surface area contributed by atoms with Crippen molar-refractivity contribution < 1.29 is 9.53 Å². The second kappa shape index (κ2) is 8.51. The predicted octanol–water partition coefficient (Wildman–Crippen LogP) is 4.66. The Labute approximate surface area is 151 Å². The molecule has 1 saturated heterocycles. The quantitative estimate of drug-likeness (QED) is 0.838. The molecule has 0 unspecified atom stereocenters. The SMILES string of the molecule is O=C(Nc1cccc(Cl)c1)N(CCc1cccs1)C1CCOCC1. The molecule has 1 aliphatic heterocycles. The average molecular weight is 365 g/mol. The predicted molar refractivity (Wildman–Crippen MR) is 99.0 cm³/mol. The summed E-state index contributed by atoms with van der Waals surface area (Å²) in [6, 6.07) is 11.6. The first-order valence-corrected chi connectivity index (χ1v) is 9.41. The highest BCUT2D eigenvalue weighted by Gasteiger charge is 2.25. The summed E-state index contributed by atoms with van der Waals surface area (Å²) >= 11 is 7.73. The van der Waals surface area contributed by atoms with Crippen molar-refractivity contribution in [2.75, 3.05) is 25.1 Å². The number of carbonyl (C=O) groups excluding carboxylic acids is 1. The number of hydrogen-bond donors (Lipinski definition) is 1. The zero-order chi connectivity index (χ0) is 16.8. The van der Waals surface area contributed by atoms with Crippen molar-refractivity contribution in [1.29, 1.82) is 0 Å². The van der Waals surface area contributed by atoms with E-state index in [2.05, 4.69) is 16.8 Å². The van der Waals surface area contributed by atoms with Crippen LogP contribution in [0.25, 0.3) is 0 Å². The molecule has 2 amide bonds. The molecule has 1 aromatic carbocycles. The van der Waals surface area contributed by atoms with E-state index >= 15 is 0 Å². The second-order valence-electron chi connectivity index (χ2n) is 5.81. The number of urea groups is 1. The normalized spacial score (nSPS) is 15.2. The van der Waals surface area contributed by atoms with Crippen LogP contribution in [0.3, 0.4) is 0 Å². The van der Waals surface area contributed by atoms with Gasteiger partial charge in [-0.15, -0.1) is 11.3 Å².